The predicted octanol–water partition coefficient (Wildman–Crippen LogP) is 3.36. The number of hydrogen-bond donors (Lipinski definition) is 1. The number of para-hydroxylation sites is 1. The van der Waals surface area contributed by atoms with E-state index in [0.717, 1.165) is 17.0 Å². The lowest BCUT2D eigenvalue weighted by atomic mass is 9.97. The van der Waals surface area contributed by atoms with Gasteiger partial charge in [-0.3, -0.25) is 14.5 Å². The number of alkyl halides is 3. The Balaban J connectivity index is 1.79. The molecule has 158 valence electrons. The number of carbonyl (C=O) groups excluding carboxylic acids is 2. The number of hydrogen-bond acceptors (Lipinski definition) is 4. The molecule has 6 nitrogen and oxygen atoms in total. The second-order valence-electron chi connectivity index (χ2n) is 7.44. The average Bonchev–Trinajstić information content (AvgIpc) is 2.99. The number of nitrogens with zero attached hydrogens (tertiary/aromatic N) is 3. The van der Waals surface area contributed by atoms with Crippen LogP contribution in [0.5, 0.6) is 0 Å². The Kier molecular flexibility index (Phi) is 4.67. The first kappa shape index (κ1) is 20.1. The van der Waals surface area contributed by atoms with E-state index in [4.69, 9.17) is 0 Å². The van der Waals surface area contributed by atoms with Crippen molar-refractivity contribution in [2.24, 2.45) is 5.92 Å². The third-order valence-corrected chi connectivity index (χ3v) is 5.42. The standard InChI is InChI=1S/C20H18F4N4O2/c1-10-6-12(20(22,23)24)8-15(26-10)28-16(29)7-11-9-25-17-13(21)4-3-5-14(17)27(2)19(30)18(11)28/h3-6,8,11,18,25H,7,9H2,1-2H3/t11-,18+/m1/s1. The molecule has 2 atom stereocenters. The van der Waals surface area contributed by atoms with Gasteiger partial charge in [0, 0.05) is 31.6 Å². The topological polar surface area (TPSA) is 65.5 Å². The van der Waals surface area contributed by atoms with Crippen LogP contribution >= 0.6 is 0 Å². The summed E-state index contributed by atoms with van der Waals surface area (Å²) < 4.78 is 54.1. The SMILES string of the molecule is Cc1cc(C(F)(F)F)cc(N2C(=O)C[C@@H]3CNc4c(F)cccc4N(C)C(=O)[C@H]32)n1. The molecule has 0 bridgehead atoms. The number of benzene rings is 1. The van der Waals surface area contributed by atoms with Gasteiger partial charge in [0.15, 0.2) is 0 Å². The fourth-order valence-electron chi connectivity index (χ4n) is 4.02. The number of pyridine rings is 1. The Morgan fingerprint density at radius 1 is 1.20 bits per heavy atom. The van der Waals surface area contributed by atoms with E-state index in [9.17, 15) is 27.2 Å². The molecule has 0 spiro atoms. The van der Waals surface area contributed by atoms with E-state index in [0.29, 0.717) is 0 Å². The first-order valence-corrected chi connectivity index (χ1v) is 9.26. The Morgan fingerprint density at radius 2 is 1.93 bits per heavy atom. The van der Waals surface area contributed by atoms with Crippen molar-refractivity contribution in [3.8, 4) is 0 Å². The fraction of sp³-hybridized carbons (Fsp3) is 0.350. The highest BCUT2D eigenvalue weighted by atomic mass is 19.4. The maximum absolute atomic E-state index is 14.3. The minimum Gasteiger partial charge on any atom is -0.381 e. The van der Waals surface area contributed by atoms with Gasteiger partial charge in [-0.2, -0.15) is 13.2 Å². The number of halogens is 4. The van der Waals surface area contributed by atoms with Gasteiger partial charge in [-0.15, -0.1) is 0 Å². The molecule has 1 aromatic carbocycles. The van der Waals surface area contributed by atoms with Gasteiger partial charge >= 0.3 is 6.18 Å². The predicted molar refractivity (Wildman–Crippen MR) is 102 cm³/mol. The number of aromatic nitrogens is 1. The average molecular weight is 422 g/mol. The summed E-state index contributed by atoms with van der Waals surface area (Å²) in [5.74, 6) is -2.34. The van der Waals surface area contributed by atoms with Crippen LogP contribution in [0.25, 0.3) is 0 Å². The van der Waals surface area contributed by atoms with Crippen LogP contribution in [0.4, 0.5) is 34.8 Å². The van der Waals surface area contributed by atoms with E-state index in [-0.39, 0.29) is 35.9 Å². The van der Waals surface area contributed by atoms with E-state index in [1.54, 1.807) is 6.07 Å². The minimum atomic E-state index is -4.62. The number of carbonyl (C=O) groups is 2. The van der Waals surface area contributed by atoms with Gasteiger partial charge in [0.05, 0.1) is 16.9 Å². The highest BCUT2D eigenvalue weighted by Gasteiger charge is 2.48. The normalized spacial score (nSPS) is 21.7. The van der Waals surface area contributed by atoms with Crippen molar-refractivity contribution in [2.75, 3.05) is 28.7 Å². The Hall–Kier alpha value is -3.17. The molecule has 2 aliphatic heterocycles. The number of amides is 2. The number of rotatable bonds is 1. The number of anilines is 3. The van der Waals surface area contributed by atoms with Gasteiger partial charge in [0.25, 0.3) is 0 Å². The van der Waals surface area contributed by atoms with E-state index < -0.39 is 41.3 Å². The van der Waals surface area contributed by atoms with Crippen LogP contribution in [-0.2, 0) is 15.8 Å². The molecular weight excluding hydrogens is 404 g/mol. The van der Waals surface area contributed by atoms with Crippen LogP contribution in [0, 0.1) is 18.7 Å². The Labute approximate surface area is 169 Å². The summed E-state index contributed by atoms with van der Waals surface area (Å²) in [7, 11) is 1.44. The molecule has 30 heavy (non-hydrogen) atoms. The van der Waals surface area contributed by atoms with E-state index in [1.807, 2.05) is 0 Å². The summed E-state index contributed by atoms with van der Waals surface area (Å²) in [4.78, 5) is 32.4. The van der Waals surface area contributed by atoms with Gasteiger partial charge < -0.3 is 10.2 Å². The molecule has 0 unspecified atom stereocenters. The molecule has 1 aromatic heterocycles. The molecule has 2 aromatic rings. The van der Waals surface area contributed by atoms with Gasteiger partial charge in [-0.05, 0) is 31.2 Å². The third-order valence-electron chi connectivity index (χ3n) is 5.42. The maximum Gasteiger partial charge on any atom is 0.416 e. The van der Waals surface area contributed by atoms with Gasteiger partial charge in [-0.1, -0.05) is 6.07 Å². The van der Waals surface area contributed by atoms with E-state index in [2.05, 4.69) is 10.3 Å². The lowest BCUT2D eigenvalue weighted by Gasteiger charge is -2.34. The van der Waals surface area contributed by atoms with Crippen LogP contribution in [0.2, 0.25) is 0 Å². The van der Waals surface area contributed by atoms with Gasteiger partial charge in [0.1, 0.15) is 17.7 Å². The summed E-state index contributed by atoms with van der Waals surface area (Å²) in [5.41, 5.74) is -0.441. The van der Waals surface area contributed by atoms with Crippen LogP contribution in [-0.4, -0.2) is 36.4 Å². The molecule has 0 aliphatic carbocycles. The number of aryl methyl sites for hydroxylation is 1. The van der Waals surface area contributed by atoms with E-state index in [1.165, 1.54) is 31.0 Å². The molecule has 1 saturated heterocycles. The zero-order chi connectivity index (χ0) is 21.8. The second-order valence-corrected chi connectivity index (χ2v) is 7.44. The number of fused-ring (bicyclic) bond motifs is 2. The van der Waals surface area contributed by atoms with Crippen molar-refractivity contribution in [3.63, 3.8) is 0 Å². The summed E-state index contributed by atoms with van der Waals surface area (Å²) in [6, 6.07) is 4.87. The van der Waals surface area contributed by atoms with Crippen molar-refractivity contribution in [3.05, 3.63) is 47.4 Å². The van der Waals surface area contributed by atoms with Crippen molar-refractivity contribution in [1.29, 1.82) is 0 Å². The third kappa shape index (κ3) is 3.25. The van der Waals surface area contributed by atoms with Gasteiger partial charge in [-0.25, -0.2) is 9.37 Å². The fourth-order valence-corrected chi connectivity index (χ4v) is 4.02. The molecule has 2 amide bonds. The summed E-state index contributed by atoms with van der Waals surface area (Å²) in [6.07, 6.45) is -4.69. The summed E-state index contributed by atoms with van der Waals surface area (Å²) in [5, 5.41) is 2.95. The lowest BCUT2D eigenvalue weighted by molar-refractivity contribution is -0.137. The second kappa shape index (κ2) is 6.96. The van der Waals surface area contributed by atoms with Crippen LogP contribution < -0.4 is 15.1 Å². The molecule has 0 radical (unpaired) electrons. The molecule has 3 heterocycles. The maximum atomic E-state index is 14.3. The zero-order valence-corrected chi connectivity index (χ0v) is 16.1. The minimum absolute atomic E-state index is 0.0714. The Morgan fingerprint density at radius 3 is 2.63 bits per heavy atom. The van der Waals surface area contributed by atoms with Crippen LogP contribution in [0.1, 0.15) is 17.7 Å². The first-order valence-electron chi connectivity index (χ1n) is 9.26. The monoisotopic (exact) mass is 422 g/mol. The van der Waals surface area contributed by atoms with E-state index >= 15 is 0 Å². The summed E-state index contributed by atoms with van der Waals surface area (Å²) in [6.45, 7) is 1.50. The molecule has 10 heteroatoms. The molecule has 1 N–H and O–H groups in total. The van der Waals surface area contributed by atoms with Crippen molar-refractivity contribution >= 4 is 29.0 Å². The largest absolute Gasteiger partial charge is 0.416 e. The first-order chi connectivity index (χ1) is 14.1. The van der Waals surface area contributed by atoms with Crippen LogP contribution in [0.15, 0.2) is 30.3 Å². The van der Waals surface area contributed by atoms with Crippen molar-refractivity contribution < 1.29 is 27.2 Å². The quantitative estimate of drug-likeness (QED) is 0.716. The van der Waals surface area contributed by atoms with Crippen molar-refractivity contribution in [1.82, 2.24) is 4.98 Å². The highest BCUT2D eigenvalue weighted by Crippen LogP contribution is 2.39. The Bertz CT molecular complexity index is 1040. The van der Waals surface area contributed by atoms with Gasteiger partial charge in [0.2, 0.25) is 11.8 Å². The summed E-state index contributed by atoms with van der Waals surface area (Å²) >= 11 is 0. The zero-order valence-electron chi connectivity index (χ0n) is 16.1. The number of nitrogens with one attached hydrogen (secondary N) is 1. The lowest BCUT2D eigenvalue weighted by Crippen LogP contribution is -2.51. The molecule has 1 fully saturated rings. The molecule has 4 rings (SSSR count). The van der Waals surface area contributed by atoms with Crippen molar-refractivity contribution in [2.45, 2.75) is 25.6 Å². The molecule has 2 aliphatic rings. The smallest absolute Gasteiger partial charge is 0.381 e. The highest BCUT2D eigenvalue weighted by molar-refractivity contribution is 6.09. The van der Waals surface area contributed by atoms with Crippen LogP contribution in [0.3, 0.4) is 0 Å². The molecule has 0 saturated carbocycles. The molecular formula is C20H18F4N4O2. The number of likely N-dealkylation sites (N-methyl/N-ethyl adjacent to an activating group) is 1.